The van der Waals surface area contributed by atoms with Crippen LogP contribution < -0.4 is 10.1 Å². The van der Waals surface area contributed by atoms with Crippen LogP contribution in [0.25, 0.3) is 0 Å². The van der Waals surface area contributed by atoms with Gasteiger partial charge in [0.15, 0.2) is 11.5 Å². The minimum Gasteiger partial charge on any atom is -0.504 e. The Hall–Kier alpha value is -3.88. The number of carbonyl (C=O) groups excluding carboxylic acids is 2. The lowest BCUT2D eigenvalue weighted by atomic mass is 9.91. The molecule has 0 fully saturated rings. The number of nitro benzene ring substituents is 1. The molecule has 0 unspecified atom stereocenters. The van der Waals surface area contributed by atoms with E-state index >= 15 is 0 Å². The molecule has 0 saturated heterocycles. The van der Waals surface area contributed by atoms with Crippen molar-refractivity contribution in [1.29, 1.82) is 0 Å². The predicted octanol–water partition coefficient (Wildman–Crippen LogP) is 3.48. The third-order valence-electron chi connectivity index (χ3n) is 5.28. The van der Waals surface area contributed by atoms with Gasteiger partial charge < -0.3 is 15.2 Å². The number of rotatable bonds is 7. The monoisotopic (exact) mass is 425 g/mol. The molecule has 2 aromatic rings. The molecule has 0 saturated carbocycles. The second kappa shape index (κ2) is 8.86. The van der Waals surface area contributed by atoms with Crippen molar-refractivity contribution in [2.45, 2.75) is 26.3 Å². The summed E-state index contributed by atoms with van der Waals surface area (Å²) in [5.41, 5.74) is 1.26. The summed E-state index contributed by atoms with van der Waals surface area (Å²) in [7, 11) is 1.20. The second-order valence-electron chi connectivity index (χ2n) is 7.14. The van der Waals surface area contributed by atoms with Gasteiger partial charge in [-0.25, -0.2) is 4.79 Å². The Morgan fingerprint density at radius 3 is 2.52 bits per heavy atom. The predicted molar refractivity (Wildman–Crippen MR) is 113 cm³/mol. The topological polar surface area (TPSA) is 122 Å². The summed E-state index contributed by atoms with van der Waals surface area (Å²) in [6.07, 6.45) is 0.578. The maximum atomic E-state index is 12.9. The quantitative estimate of drug-likeness (QED) is 0.517. The lowest BCUT2D eigenvalue weighted by molar-refractivity contribution is -0.386. The lowest BCUT2D eigenvalue weighted by Crippen LogP contribution is -2.48. The maximum Gasteiger partial charge on any atom is 0.322 e. The number of nitrogens with one attached hydrogen (secondary N) is 1. The van der Waals surface area contributed by atoms with E-state index in [9.17, 15) is 24.8 Å². The maximum absolute atomic E-state index is 12.9. The zero-order valence-corrected chi connectivity index (χ0v) is 17.4. The number of Topliss-reactive ketones (excluding diaryl/α,β-unsaturated/α-hetero) is 1. The number of ketones is 1. The van der Waals surface area contributed by atoms with Gasteiger partial charge in [-0.3, -0.25) is 19.8 Å². The molecule has 1 atom stereocenters. The zero-order chi connectivity index (χ0) is 22.7. The number of methoxy groups -OCH3 is 1. The van der Waals surface area contributed by atoms with Gasteiger partial charge in [0.2, 0.25) is 5.75 Å². The molecular formula is C22H23N3O6. The third-order valence-corrected chi connectivity index (χ3v) is 5.28. The summed E-state index contributed by atoms with van der Waals surface area (Å²) in [5, 5.41) is 24.4. The molecule has 31 heavy (non-hydrogen) atoms. The molecule has 2 amide bonds. The molecular weight excluding hydrogens is 402 g/mol. The number of phenols is 1. The molecule has 1 aliphatic rings. The summed E-state index contributed by atoms with van der Waals surface area (Å²) >= 11 is 0. The lowest BCUT2D eigenvalue weighted by Gasteiger charge is -2.35. The molecule has 9 nitrogen and oxygen atoms in total. The molecule has 9 heteroatoms. The van der Waals surface area contributed by atoms with Crippen molar-refractivity contribution in [3.8, 4) is 11.5 Å². The van der Waals surface area contributed by atoms with Crippen LogP contribution in [-0.2, 0) is 11.2 Å². The number of nitro groups is 1. The van der Waals surface area contributed by atoms with Crippen molar-refractivity contribution in [3.05, 3.63) is 75.0 Å². The summed E-state index contributed by atoms with van der Waals surface area (Å²) in [4.78, 5) is 37.9. The van der Waals surface area contributed by atoms with Crippen LogP contribution in [-0.4, -0.2) is 40.4 Å². The molecule has 0 bridgehead atoms. The molecule has 2 N–H and O–H groups in total. The van der Waals surface area contributed by atoms with E-state index in [0.29, 0.717) is 18.7 Å². The molecule has 1 heterocycles. The van der Waals surface area contributed by atoms with E-state index in [4.69, 9.17) is 4.74 Å². The number of carbonyl (C=O) groups is 2. The van der Waals surface area contributed by atoms with E-state index < -0.39 is 28.4 Å². The highest BCUT2D eigenvalue weighted by atomic mass is 16.6. The molecule has 0 spiro atoms. The van der Waals surface area contributed by atoms with Crippen LogP contribution >= 0.6 is 0 Å². The Balaban J connectivity index is 2.06. The Morgan fingerprint density at radius 1 is 1.26 bits per heavy atom. The van der Waals surface area contributed by atoms with Crippen molar-refractivity contribution in [1.82, 2.24) is 10.2 Å². The molecule has 162 valence electrons. The Labute approximate surface area is 179 Å². The van der Waals surface area contributed by atoms with Gasteiger partial charge in [-0.15, -0.1) is 0 Å². The van der Waals surface area contributed by atoms with Gasteiger partial charge in [0.25, 0.3) is 0 Å². The number of nitrogens with zero attached hydrogens (tertiary/aromatic N) is 2. The number of hydrogen-bond donors (Lipinski definition) is 2. The highest BCUT2D eigenvalue weighted by molar-refractivity contribution is 5.98. The number of amides is 2. The van der Waals surface area contributed by atoms with Crippen LogP contribution in [0.15, 0.2) is 53.7 Å². The van der Waals surface area contributed by atoms with Crippen LogP contribution in [0, 0.1) is 10.1 Å². The summed E-state index contributed by atoms with van der Waals surface area (Å²) in [6.45, 7) is 3.34. The van der Waals surface area contributed by atoms with Gasteiger partial charge in [-0.1, -0.05) is 30.3 Å². The van der Waals surface area contributed by atoms with Gasteiger partial charge in [-0.05, 0) is 38.0 Å². The van der Waals surface area contributed by atoms with Crippen molar-refractivity contribution in [3.63, 3.8) is 0 Å². The number of phenolic OH excluding ortho intramolecular Hbond substituents is 1. The van der Waals surface area contributed by atoms with Crippen molar-refractivity contribution in [2.24, 2.45) is 0 Å². The van der Waals surface area contributed by atoms with Gasteiger partial charge >= 0.3 is 11.7 Å². The second-order valence-corrected chi connectivity index (χ2v) is 7.14. The molecule has 0 aliphatic carbocycles. The van der Waals surface area contributed by atoms with Gasteiger partial charge in [0.1, 0.15) is 0 Å². The van der Waals surface area contributed by atoms with E-state index in [0.717, 1.165) is 5.56 Å². The standard InChI is InChI=1S/C22H23N3O6/c1-13-18(14(2)26)19(16-9-10-17(27)21(31-3)20(16)25(29)30)23-22(28)24(13)12-11-15-7-5-4-6-8-15/h4-10,19,27H,11-12H2,1-3H3,(H,23,28)/t19-/m1/s1. The molecule has 0 aromatic heterocycles. The first-order valence-corrected chi connectivity index (χ1v) is 9.64. The van der Waals surface area contributed by atoms with Crippen LogP contribution in [0.5, 0.6) is 11.5 Å². The van der Waals surface area contributed by atoms with Crippen LogP contribution in [0.3, 0.4) is 0 Å². The number of ether oxygens (including phenoxy) is 1. The van der Waals surface area contributed by atoms with E-state index in [1.54, 1.807) is 6.92 Å². The number of allylic oxidation sites excluding steroid dienone is 1. The van der Waals surface area contributed by atoms with E-state index in [1.165, 1.54) is 31.1 Å². The molecule has 3 rings (SSSR count). The van der Waals surface area contributed by atoms with Gasteiger partial charge in [0.05, 0.1) is 23.6 Å². The van der Waals surface area contributed by atoms with Crippen molar-refractivity contribution < 1.29 is 24.4 Å². The normalized spacial score (nSPS) is 16.2. The molecule has 0 radical (unpaired) electrons. The number of benzene rings is 2. The SMILES string of the molecule is COc1c(O)ccc([C@H]2NC(=O)N(CCc3ccccc3)C(C)=C2C(C)=O)c1[N+](=O)[O-]. The molecule has 1 aliphatic heterocycles. The summed E-state index contributed by atoms with van der Waals surface area (Å²) in [5.74, 6) is -1.06. The van der Waals surface area contributed by atoms with Crippen LogP contribution in [0.4, 0.5) is 10.5 Å². The fourth-order valence-corrected chi connectivity index (χ4v) is 3.82. The average molecular weight is 425 g/mol. The zero-order valence-electron chi connectivity index (χ0n) is 17.4. The first-order chi connectivity index (χ1) is 14.8. The van der Waals surface area contributed by atoms with E-state index in [1.807, 2.05) is 30.3 Å². The Morgan fingerprint density at radius 2 is 1.94 bits per heavy atom. The minimum absolute atomic E-state index is 0.0558. The van der Waals surface area contributed by atoms with E-state index in [2.05, 4.69) is 5.32 Å². The molecule has 2 aromatic carbocycles. The smallest absolute Gasteiger partial charge is 0.322 e. The fourth-order valence-electron chi connectivity index (χ4n) is 3.82. The summed E-state index contributed by atoms with van der Waals surface area (Å²) in [6, 6.07) is 10.6. The van der Waals surface area contributed by atoms with Crippen LogP contribution in [0.1, 0.15) is 31.0 Å². The van der Waals surface area contributed by atoms with Crippen LogP contribution in [0.2, 0.25) is 0 Å². The Bertz CT molecular complexity index is 1060. The van der Waals surface area contributed by atoms with Gasteiger partial charge in [-0.2, -0.15) is 0 Å². The average Bonchev–Trinajstić information content (AvgIpc) is 2.73. The largest absolute Gasteiger partial charge is 0.504 e. The van der Waals surface area contributed by atoms with E-state index in [-0.39, 0.29) is 22.7 Å². The first kappa shape index (κ1) is 21.8. The Kier molecular flexibility index (Phi) is 6.24. The number of urea groups is 1. The number of hydrogen-bond acceptors (Lipinski definition) is 6. The van der Waals surface area contributed by atoms with Gasteiger partial charge in [0, 0.05) is 17.8 Å². The third kappa shape index (κ3) is 4.20. The highest BCUT2D eigenvalue weighted by Gasteiger charge is 2.39. The fraction of sp³-hybridized carbons (Fsp3) is 0.273. The number of aromatic hydroxyl groups is 1. The van der Waals surface area contributed by atoms with Crippen molar-refractivity contribution >= 4 is 17.5 Å². The first-order valence-electron chi connectivity index (χ1n) is 9.64. The highest BCUT2D eigenvalue weighted by Crippen LogP contribution is 2.44. The summed E-state index contributed by atoms with van der Waals surface area (Å²) < 4.78 is 5.01. The van der Waals surface area contributed by atoms with Crippen molar-refractivity contribution in [2.75, 3.05) is 13.7 Å². The minimum atomic E-state index is -1.05.